The van der Waals surface area contributed by atoms with Gasteiger partial charge in [-0.3, -0.25) is 9.79 Å². The number of amides is 1. The zero-order valence-corrected chi connectivity index (χ0v) is 21.3. The van der Waals surface area contributed by atoms with Crippen molar-refractivity contribution in [2.75, 3.05) is 53.0 Å². The molecule has 0 aromatic carbocycles. The molecule has 0 bridgehead atoms. The number of nitrogens with one attached hydrogen (secondary N) is 2. The first-order valence-corrected chi connectivity index (χ1v) is 11.6. The third-order valence-electron chi connectivity index (χ3n) is 5.82. The summed E-state index contributed by atoms with van der Waals surface area (Å²) in [7, 11) is 1.72. The summed E-state index contributed by atoms with van der Waals surface area (Å²) < 4.78 is 11.0. The SMILES string of the molecule is CCNC(=NCCNC(=O)CC1CCCCC1)N1CCC(OCCCOC)CC1.I. The molecule has 1 heterocycles. The average molecular weight is 539 g/mol. The first-order valence-electron chi connectivity index (χ1n) is 11.6. The summed E-state index contributed by atoms with van der Waals surface area (Å²) in [6.07, 6.45) is 10.3. The van der Waals surface area contributed by atoms with Gasteiger partial charge in [-0.2, -0.15) is 0 Å². The molecule has 1 saturated carbocycles. The molecule has 0 aromatic heterocycles. The van der Waals surface area contributed by atoms with E-state index in [9.17, 15) is 4.79 Å². The van der Waals surface area contributed by atoms with Crippen molar-refractivity contribution in [3.05, 3.63) is 0 Å². The number of guanidine groups is 1. The quantitative estimate of drug-likeness (QED) is 0.183. The number of likely N-dealkylation sites (tertiary alicyclic amines) is 1. The number of ether oxygens (including phenoxy) is 2. The van der Waals surface area contributed by atoms with Crippen LogP contribution in [-0.4, -0.2) is 75.9 Å². The number of rotatable bonds is 11. The Bertz CT molecular complexity index is 479. The second-order valence-corrected chi connectivity index (χ2v) is 8.20. The minimum Gasteiger partial charge on any atom is -0.385 e. The fourth-order valence-electron chi connectivity index (χ4n) is 4.20. The average Bonchev–Trinajstić information content (AvgIpc) is 2.75. The van der Waals surface area contributed by atoms with Crippen LogP contribution >= 0.6 is 24.0 Å². The molecule has 30 heavy (non-hydrogen) atoms. The lowest BCUT2D eigenvalue weighted by molar-refractivity contribution is -0.122. The Balaban J connectivity index is 0.00000450. The molecule has 176 valence electrons. The number of hydrogen-bond acceptors (Lipinski definition) is 4. The van der Waals surface area contributed by atoms with Crippen LogP contribution in [0.25, 0.3) is 0 Å². The lowest BCUT2D eigenvalue weighted by Gasteiger charge is -2.34. The van der Waals surface area contributed by atoms with Gasteiger partial charge in [0.25, 0.3) is 0 Å². The molecule has 8 heteroatoms. The van der Waals surface area contributed by atoms with E-state index in [0.717, 1.165) is 58.1 Å². The Kier molecular flexibility index (Phi) is 15.5. The number of methoxy groups -OCH3 is 1. The number of carbonyl (C=O) groups excluding carboxylic acids is 1. The van der Waals surface area contributed by atoms with Gasteiger partial charge in [0.1, 0.15) is 0 Å². The van der Waals surface area contributed by atoms with Crippen molar-refractivity contribution >= 4 is 35.8 Å². The molecular formula is C22H43IN4O3. The third kappa shape index (κ3) is 11.1. The highest BCUT2D eigenvalue weighted by molar-refractivity contribution is 14.0. The number of carbonyl (C=O) groups is 1. The van der Waals surface area contributed by atoms with Crippen LogP contribution < -0.4 is 10.6 Å². The van der Waals surface area contributed by atoms with E-state index in [1.54, 1.807) is 7.11 Å². The normalized spacial score (nSPS) is 18.7. The maximum atomic E-state index is 12.1. The topological polar surface area (TPSA) is 75.2 Å². The summed E-state index contributed by atoms with van der Waals surface area (Å²) in [6.45, 7) is 7.60. The molecule has 0 spiro atoms. The van der Waals surface area contributed by atoms with E-state index in [2.05, 4.69) is 22.5 Å². The number of piperidine rings is 1. The van der Waals surface area contributed by atoms with Gasteiger partial charge in [0.05, 0.1) is 12.6 Å². The van der Waals surface area contributed by atoms with Crippen LogP contribution in [0.2, 0.25) is 0 Å². The van der Waals surface area contributed by atoms with E-state index in [4.69, 9.17) is 14.5 Å². The van der Waals surface area contributed by atoms with Crippen LogP contribution in [0.1, 0.15) is 64.7 Å². The van der Waals surface area contributed by atoms with Crippen LogP contribution in [-0.2, 0) is 14.3 Å². The van der Waals surface area contributed by atoms with E-state index in [1.165, 1.54) is 32.1 Å². The highest BCUT2D eigenvalue weighted by atomic mass is 127. The summed E-state index contributed by atoms with van der Waals surface area (Å²) in [4.78, 5) is 19.2. The minimum atomic E-state index is 0. The molecule has 0 unspecified atom stereocenters. The number of halogens is 1. The molecule has 1 saturated heterocycles. The van der Waals surface area contributed by atoms with Crippen molar-refractivity contribution < 1.29 is 14.3 Å². The van der Waals surface area contributed by atoms with Crippen molar-refractivity contribution in [2.45, 2.75) is 70.8 Å². The van der Waals surface area contributed by atoms with Gasteiger partial charge in [0.2, 0.25) is 5.91 Å². The molecule has 0 aromatic rings. The smallest absolute Gasteiger partial charge is 0.220 e. The molecule has 0 atom stereocenters. The summed E-state index contributed by atoms with van der Waals surface area (Å²) in [6, 6.07) is 0. The number of aliphatic imine (C=N–C) groups is 1. The molecule has 7 nitrogen and oxygen atoms in total. The van der Waals surface area contributed by atoms with E-state index in [0.29, 0.717) is 31.5 Å². The monoisotopic (exact) mass is 538 g/mol. The zero-order valence-electron chi connectivity index (χ0n) is 19.0. The maximum Gasteiger partial charge on any atom is 0.220 e. The van der Waals surface area contributed by atoms with Crippen LogP contribution in [0.15, 0.2) is 4.99 Å². The minimum absolute atomic E-state index is 0. The third-order valence-corrected chi connectivity index (χ3v) is 5.82. The second kappa shape index (κ2) is 17.0. The van der Waals surface area contributed by atoms with Crippen LogP contribution in [0.3, 0.4) is 0 Å². The van der Waals surface area contributed by atoms with Crippen molar-refractivity contribution in [1.82, 2.24) is 15.5 Å². The van der Waals surface area contributed by atoms with E-state index in [-0.39, 0.29) is 29.9 Å². The van der Waals surface area contributed by atoms with Gasteiger partial charge in [-0.15, -0.1) is 24.0 Å². The highest BCUT2D eigenvalue weighted by Crippen LogP contribution is 2.25. The van der Waals surface area contributed by atoms with Gasteiger partial charge in [0, 0.05) is 52.9 Å². The van der Waals surface area contributed by atoms with Gasteiger partial charge in [0.15, 0.2) is 5.96 Å². The summed E-state index contributed by atoms with van der Waals surface area (Å²) >= 11 is 0. The fourth-order valence-corrected chi connectivity index (χ4v) is 4.20. The summed E-state index contributed by atoms with van der Waals surface area (Å²) in [5.41, 5.74) is 0. The zero-order chi connectivity index (χ0) is 20.7. The number of nitrogens with zero attached hydrogens (tertiary/aromatic N) is 2. The number of hydrogen-bond donors (Lipinski definition) is 2. The molecular weight excluding hydrogens is 495 g/mol. The van der Waals surface area contributed by atoms with Crippen molar-refractivity contribution in [2.24, 2.45) is 10.9 Å². The largest absolute Gasteiger partial charge is 0.385 e. The molecule has 1 amide bonds. The van der Waals surface area contributed by atoms with Gasteiger partial charge >= 0.3 is 0 Å². The molecule has 1 aliphatic heterocycles. The van der Waals surface area contributed by atoms with Crippen LogP contribution in [0.4, 0.5) is 0 Å². The highest BCUT2D eigenvalue weighted by Gasteiger charge is 2.22. The van der Waals surface area contributed by atoms with E-state index < -0.39 is 0 Å². The molecule has 0 radical (unpaired) electrons. The summed E-state index contributed by atoms with van der Waals surface area (Å²) in [5.74, 6) is 1.72. The molecule has 2 aliphatic rings. The Hall–Kier alpha value is -0.610. The van der Waals surface area contributed by atoms with Gasteiger partial charge in [-0.25, -0.2) is 0 Å². The summed E-state index contributed by atoms with van der Waals surface area (Å²) in [5, 5.41) is 6.44. The molecule has 2 rings (SSSR count). The maximum absolute atomic E-state index is 12.1. The first kappa shape index (κ1) is 27.4. The predicted octanol–water partition coefficient (Wildman–Crippen LogP) is 3.17. The Labute approximate surface area is 200 Å². The van der Waals surface area contributed by atoms with E-state index >= 15 is 0 Å². The predicted molar refractivity (Wildman–Crippen MR) is 133 cm³/mol. The van der Waals surface area contributed by atoms with Gasteiger partial charge < -0.3 is 25.0 Å². The first-order chi connectivity index (χ1) is 14.2. The molecule has 2 fully saturated rings. The van der Waals surface area contributed by atoms with Gasteiger partial charge in [-0.1, -0.05) is 19.3 Å². The van der Waals surface area contributed by atoms with Crippen LogP contribution in [0, 0.1) is 5.92 Å². The Morgan fingerprint density at radius 2 is 1.80 bits per heavy atom. The Morgan fingerprint density at radius 1 is 1.07 bits per heavy atom. The lowest BCUT2D eigenvalue weighted by atomic mass is 9.87. The van der Waals surface area contributed by atoms with Crippen LogP contribution in [0.5, 0.6) is 0 Å². The standard InChI is InChI=1S/C22H42N4O3.HI/c1-3-23-22(26-14-10-20(11-15-26)29-17-7-16-28-2)25-13-12-24-21(27)18-19-8-5-4-6-9-19;/h19-20H,3-18H2,1-2H3,(H,23,25)(H,24,27);1H. The molecule has 1 aliphatic carbocycles. The second-order valence-electron chi connectivity index (χ2n) is 8.20. The Morgan fingerprint density at radius 3 is 2.47 bits per heavy atom. The van der Waals surface area contributed by atoms with Gasteiger partial charge in [-0.05, 0) is 44.9 Å². The van der Waals surface area contributed by atoms with Crippen molar-refractivity contribution in [1.29, 1.82) is 0 Å². The lowest BCUT2D eigenvalue weighted by Crippen LogP contribution is -2.47. The van der Waals surface area contributed by atoms with E-state index in [1.807, 2.05) is 0 Å². The van der Waals surface area contributed by atoms with Crippen molar-refractivity contribution in [3.63, 3.8) is 0 Å². The molecule has 2 N–H and O–H groups in total. The fraction of sp³-hybridized carbons (Fsp3) is 0.909. The van der Waals surface area contributed by atoms with Crippen molar-refractivity contribution in [3.8, 4) is 0 Å².